The first-order valence-corrected chi connectivity index (χ1v) is 14.7. The minimum Gasteiger partial charge on any atom is -0.386 e. The maximum Gasteiger partial charge on any atom is 0.116 e. The number of rotatable bonds is 15. The zero-order valence-electron chi connectivity index (χ0n) is 25.7. The van der Waals surface area contributed by atoms with Gasteiger partial charge in [-0.2, -0.15) is 0 Å². The van der Waals surface area contributed by atoms with E-state index in [1.54, 1.807) is 17.8 Å². The zero-order chi connectivity index (χ0) is 30.5. The standard InChI is InChI=1S/C22H33N3.C6H10S.C3H9N.C2H4O/c1-7-9-18(4)23-15-8-10-19(5)25-22-13-11-21(12-14-22)16-20(6)24-17(2)3;1-4-5-6(2)7-3;1-2-3-4;1-2-3/h7,9,11-14,20,23-25H,2,4-5,8,10,15-16H2,1,3,6H3;4-5H,1H2,2-3H3;2-4H2,1H3;2H,1H3/b9-7-;6-5+;;. The molecule has 0 saturated carbocycles. The molecule has 0 aliphatic rings. The monoisotopic (exact) mass is 556 g/mol. The Labute approximate surface area is 244 Å². The Morgan fingerprint density at radius 2 is 1.69 bits per heavy atom. The van der Waals surface area contributed by atoms with Crippen molar-refractivity contribution in [2.75, 3.05) is 24.7 Å². The summed E-state index contributed by atoms with van der Waals surface area (Å²) in [5.41, 5.74) is 10.4. The molecule has 1 atom stereocenters. The van der Waals surface area contributed by atoms with E-state index in [0.29, 0.717) is 6.04 Å². The van der Waals surface area contributed by atoms with Gasteiger partial charge in [-0.3, -0.25) is 0 Å². The van der Waals surface area contributed by atoms with E-state index >= 15 is 0 Å². The highest BCUT2D eigenvalue weighted by atomic mass is 32.2. The Bertz CT molecular complexity index is 855. The van der Waals surface area contributed by atoms with Crippen LogP contribution in [0.15, 0.2) is 96.9 Å². The molecule has 39 heavy (non-hydrogen) atoms. The van der Waals surface area contributed by atoms with Crippen molar-refractivity contribution in [1.29, 1.82) is 0 Å². The predicted molar refractivity (Wildman–Crippen MR) is 180 cm³/mol. The highest BCUT2D eigenvalue weighted by molar-refractivity contribution is 8.02. The Hall–Kier alpha value is -2.96. The summed E-state index contributed by atoms with van der Waals surface area (Å²) in [5, 5.41) is 10.0. The largest absolute Gasteiger partial charge is 0.386 e. The van der Waals surface area contributed by atoms with Crippen LogP contribution in [0.1, 0.15) is 66.4 Å². The second-order valence-corrected chi connectivity index (χ2v) is 9.80. The highest BCUT2D eigenvalue weighted by Gasteiger charge is 2.03. The fraction of sp³-hybridized carbons (Fsp3) is 0.424. The van der Waals surface area contributed by atoms with Crippen LogP contribution < -0.4 is 21.7 Å². The SMILES string of the molecule is C=C(C)NC(C)Cc1ccc(NC(=C)CCCNC(=C)/C=C\C)cc1.C=C/C=C(\C)SC.CC=O.CCCN. The van der Waals surface area contributed by atoms with Gasteiger partial charge in [-0.15, -0.1) is 11.8 Å². The molecule has 0 aliphatic heterocycles. The molecule has 1 aromatic rings. The van der Waals surface area contributed by atoms with Crippen LogP contribution in [-0.2, 0) is 11.2 Å². The molecule has 0 spiro atoms. The van der Waals surface area contributed by atoms with Crippen molar-refractivity contribution < 1.29 is 4.79 Å². The van der Waals surface area contributed by atoms with Gasteiger partial charge in [-0.25, -0.2) is 0 Å². The van der Waals surface area contributed by atoms with Crippen molar-refractivity contribution in [2.24, 2.45) is 5.73 Å². The van der Waals surface area contributed by atoms with E-state index in [9.17, 15) is 0 Å². The normalized spacial score (nSPS) is 10.7. The molecule has 1 aromatic carbocycles. The summed E-state index contributed by atoms with van der Waals surface area (Å²) in [6, 6.07) is 8.93. The fourth-order valence-electron chi connectivity index (χ4n) is 2.86. The quantitative estimate of drug-likeness (QED) is 0.0992. The highest BCUT2D eigenvalue weighted by Crippen LogP contribution is 2.15. The predicted octanol–water partition coefficient (Wildman–Crippen LogP) is 8.13. The first-order valence-electron chi connectivity index (χ1n) is 13.5. The van der Waals surface area contributed by atoms with Crippen molar-refractivity contribution in [3.8, 4) is 0 Å². The third-order valence-electron chi connectivity index (χ3n) is 4.65. The maximum absolute atomic E-state index is 8.81. The molecule has 5 nitrogen and oxygen atoms in total. The molecule has 1 rings (SSSR count). The molecule has 0 heterocycles. The molecule has 0 saturated heterocycles. The second kappa shape index (κ2) is 29.6. The molecule has 5 N–H and O–H groups in total. The first-order chi connectivity index (χ1) is 18.5. The minimum absolute atomic E-state index is 0.385. The Kier molecular flexibility index (Phi) is 30.8. The zero-order valence-corrected chi connectivity index (χ0v) is 26.6. The van der Waals surface area contributed by atoms with Crippen LogP contribution in [0.3, 0.4) is 0 Å². The summed E-state index contributed by atoms with van der Waals surface area (Å²) in [6.07, 6.45) is 14.6. The van der Waals surface area contributed by atoms with Gasteiger partial charge in [-0.1, -0.05) is 63.6 Å². The summed E-state index contributed by atoms with van der Waals surface area (Å²) in [6.45, 7) is 28.9. The lowest BCUT2D eigenvalue weighted by Crippen LogP contribution is -2.25. The molecular formula is C33H56N4OS. The maximum atomic E-state index is 8.81. The van der Waals surface area contributed by atoms with E-state index in [1.165, 1.54) is 17.4 Å². The molecule has 1 unspecified atom stereocenters. The van der Waals surface area contributed by atoms with Gasteiger partial charge in [0.05, 0.1) is 0 Å². The van der Waals surface area contributed by atoms with Crippen molar-refractivity contribution in [1.82, 2.24) is 10.6 Å². The number of hydrogen-bond donors (Lipinski definition) is 4. The Balaban J connectivity index is -0.000000761. The number of carbonyl (C=O) groups excluding carboxylic acids is 1. The lowest BCUT2D eigenvalue weighted by Gasteiger charge is -2.15. The first kappa shape index (κ1) is 40.5. The van der Waals surface area contributed by atoms with Crippen LogP contribution in [0.2, 0.25) is 0 Å². The van der Waals surface area contributed by atoms with Crippen LogP contribution in [-0.4, -0.2) is 31.7 Å². The molecule has 220 valence electrons. The van der Waals surface area contributed by atoms with E-state index in [0.717, 1.165) is 67.8 Å². The van der Waals surface area contributed by atoms with Gasteiger partial charge in [-0.05, 0) is 102 Å². The van der Waals surface area contributed by atoms with Gasteiger partial charge in [0, 0.05) is 35.4 Å². The van der Waals surface area contributed by atoms with Crippen LogP contribution in [0.4, 0.5) is 5.69 Å². The van der Waals surface area contributed by atoms with E-state index in [2.05, 4.69) is 93.6 Å². The molecule has 0 radical (unpaired) electrons. The van der Waals surface area contributed by atoms with Crippen molar-refractivity contribution >= 4 is 23.7 Å². The third kappa shape index (κ3) is 31.2. The average Bonchev–Trinajstić information content (AvgIpc) is 2.88. The van der Waals surface area contributed by atoms with E-state index < -0.39 is 0 Å². The van der Waals surface area contributed by atoms with Crippen LogP contribution in [0.25, 0.3) is 0 Å². The molecule has 0 fully saturated rings. The van der Waals surface area contributed by atoms with E-state index in [4.69, 9.17) is 10.5 Å². The average molecular weight is 557 g/mol. The van der Waals surface area contributed by atoms with Gasteiger partial charge >= 0.3 is 0 Å². The van der Waals surface area contributed by atoms with Crippen molar-refractivity contribution in [3.63, 3.8) is 0 Å². The molecule has 6 heteroatoms. The lowest BCUT2D eigenvalue weighted by molar-refractivity contribution is -0.106. The third-order valence-corrected chi connectivity index (χ3v) is 5.43. The summed E-state index contributed by atoms with van der Waals surface area (Å²) < 4.78 is 0. The Morgan fingerprint density at radius 1 is 1.13 bits per heavy atom. The number of benzene rings is 1. The van der Waals surface area contributed by atoms with E-state index in [-0.39, 0.29) is 0 Å². The number of carbonyl (C=O) groups is 1. The molecule has 0 aliphatic carbocycles. The fourth-order valence-corrected chi connectivity index (χ4v) is 3.09. The minimum atomic E-state index is 0.385. The number of nitrogens with one attached hydrogen (secondary N) is 3. The molecule has 0 aromatic heterocycles. The number of nitrogens with two attached hydrogens (primary N) is 1. The van der Waals surface area contributed by atoms with Gasteiger partial charge in [0.25, 0.3) is 0 Å². The number of allylic oxidation sites excluding steroid dienone is 7. The summed E-state index contributed by atoms with van der Waals surface area (Å²) in [7, 11) is 0. The second-order valence-electron chi connectivity index (χ2n) is 8.75. The van der Waals surface area contributed by atoms with Crippen LogP contribution >= 0.6 is 11.8 Å². The Morgan fingerprint density at radius 3 is 2.10 bits per heavy atom. The number of anilines is 1. The van der Waals surface area contributed by atoms with Gasteiger partial charge in [0.15, 0.2) is 0 Å². The number of thioether (sulfide) groups is 1. The van der Waals surface area contributed by atoms with Gasteiger partial charge in [0.2, 0.25) is 0 Å². The van der Waals surface area contributed by atoms with Crippen molar-refractivity contribution in [3.05, 3.63) is 102 Å². The van der Waals surface area contributed by atoms with Crippen LogP contribution in [0, 0.1) is 0 Å². The smallest absolute Gasteiger partial charge is 0.116 e. The molecule has 0 bridgehead atoms. The summed E-state index contributed by atoms with van der Waals surface area (Å²) in [4.78, 5) is 10.1. The summed E-state index contributed by atoms with van der Waals surface area (Å²) >= 11 is 1.74. The molecule has 0 amide bonds. The van der Waals surface area contributed by atoms with Gasteiger partial charge in [0.1, 0.15) is 6.29 Å². The molecular weight excluding hydrogens is 500 g/mol. The lowest BCUT2D eigenvalue weighted by atomic mass is 10.1. The number of hydrogen-bond acceptors (Lipinski definition) is 6. The summed E-state index contributed by atoms with van der Waals surface area (Å²) in [5.74, 6) is 0. The number of aldehydes is 1. The van der Waals surface area contributed by atoms with Crippen molar-refractivity contribution in [2.45, 2.75) is 73.3 Å². The topological polar surface area (TPSA) is 79.2 Å². The van der Waals surface area contributed by atoms with Gasteiger partial charge < -0.3 is 26.5 Å². The van der Waals surface area contributed by atoms with Crippen LogP contribution in [0.5, 0.6) is 0 Å². The van der Waals surface area contributed by atoms with E-state index in [1.807, 2.05) is 32.1 Å².